The zero-order valence-electron chi connectivity index (χ0n) is 16.9. The summed E-state index contributed by atoms with van der Waals surface area (Å²) >= 11 is 1.45. The van der Waals surface area contributed by atoms with Crippen LogP contribution in [-0.4, -0.2) is 15.3 Å². The summed E-state index contributed by atoms with van der Waals surface area (Å²) < 4.78 is 7.45. The number of fused-ring (bicyclic) bond motifs is 1. The van der Waals surface area contributed by atoms with Crippen LogP contribution in [0.3, 0.4) is 0 Å². The van der Waals surface area contributed by atoms with Gasteiger partial charge in [-0.25, -0.2) is 4.98 Å². The zero-order valence-corrected chi connectivity index (χ0v) is 17.7. The van der Waals surface area contributed by atoms with Gasteiger partial charge < -0.3 is 10.1 Å². The smallest absolute Gasteiger partial charge is 0.258 e. The summed E-state index contributed by atoms with van der Waals surface area (Å²) in [5, 5.41) is 2.92. The SMILES string of the molecule is Cc1ccc(C(=O)Nc2cc(C)ccc2OCc2cc(=O)n3cc(C)sc3n2)cc1. The van der Waals surface area contributed by atoms with Gasteiger partial charge in [-0.2, -0.15) is 0 Å². The molecule has 7 heteroatoms. The Morgan fingerprint density at radius 1 is 1.07 bits per heavy atom. The Morgan fingerprint density at radius 3 is 2.57 bits per heavy atom. The third-order valence-electron chi connectivity index (χ3n) is 4.61. The van der Waals surface area contributed by atoms with E-state index in [-0.39, 0.29) is 18.1 Å². The summed E-state index contributed by atoms with van der Waals surface area (Å²) in [6.07, 6.45) is 1.78. The van der Waals surface area contributed by atoms with Crippen molar-refractivity contribution in [1.29, 1.82) is 0 Å². The van der Waals surface area contributed by atoms with E-state index in [1.165, 1.54) is 21.8 Å². The fourth-order valence-corrected chi connectivity index (χ4v) is 3.90. The number of ether oxygens (including phenoxy) is 1. The first-order valence-electron chi connectivity index (χ1n) is 9.49. The third-order valence-corrected chi connectivity index (χ3v) is 5.51. The molecule has 0 fully saturated rings. The van der Waals surface area contributed by atoms with Crippen molar-refractivity contribution in [3.8, 4) is 5.75 Å². The standard InChI is InChI=1S/C23H21N3O3S/c1-14-4-7-17(8-5-14)22(28)25-19-10-15(2)6-9-20(19)29-13-18-11-21(27)26-12-16(3)30-23(26)24-18/h4-12H,13H2,1-3H3,(H,25,28). The molecular weight excluding hydrogens is 398 g/mol. The summed E-state index contributed by atoms with van der Waals surface area (Å²) in [5.41, 5.74) is 3.63. The minimum absolute atomic E-state index is 0.124. The number of thiazole rings is 1. The van der Waals surface area contributed by atoms with Crippen molar-refractivity contribution in [1.82, 2.24) is 9.38 Å². The lowest BCUT2D eigenvalue weighted by atomic mass is 10.1. The molecule has 0 spiro atoms. The number of nitrogens with one attached hydrogen (secondary N) is 1. The van der Waals surface area contributed by atoms with Gasteiger partial charge in [-0.15, -0.1) is 11.3 Å². The van der Waals surface area contributed by atoms with Crippen LogP contribution in [-0.2, 0) is 6.61 Å². The lowest BCUT2D eigenvalue weighted by Gasteiger charge is -2.13. The molecule has 2 heterocycles. The van der Waals surface area contributed by atoms with Crippen molar-refractivity contribution in [3.63, 3.8) is 0 Å². The van der Waals surface area contributed by atoms with Gasteiger partial charge in [-0.05, 0) is 50.6 Å². The first-order chi connectivity index (χ1) is 14.4. The fourth-order valence-electron chi connectivity index (χ4n) is 3.05. The molecule has 0 aliphatic rings. The molecule has 6 nitrogen and oxygen atoms in total. The monoisotopic (exact) mass is 419 g/mol. The van der Waals surface area contributed by atoms with Crippen LogP contribution in [0.1, 0.15) is 32.1 Å². The topological polar surface area (TPSA) is 72.7 Å². The Balaban J connectivity index is 1.55. The highest BCUT2D eigenvalue weighted by molar-refractivity contribution is 7.16. The van der Waals surface area contributed by atoms with Gasteiger partial charge in [-0.3, -0.25) is 14.0 Å². The quantitative estimate of drug-likeness (QED) is 0.516. The number of anilines is 1. The fraction of sp³-hybridized carbons (Fsp3) is 0.174. The lowest BCUT2D eigenvalue weighted by Crippen LogP contribution is -2.15. The summed E-state index contributed by atoms with van der Waals surface area (Å²) in [5.74, 6) is 0.308. The van der Waals surface area contributed by atoms with E-state index in [2.05, 4.69) is 10.3 Å². The van der Waals surface area contributed by atoms with Gasteiger partial charge in [-0.1, -0.05) is 23.8 Å². The second-order valence-electron chi connectivity index (χ2n) is 7.19. The predicted octanol–water partition coefficient (Wildman–Crippen LogP) is 4.51. The van der Waals surface area contributed by atoms with Crippen LogP contribution < -0.4 is 15.6 Å². The van der Waals surface area contributed by atoms with Crippen molar-refractivity contribution < 1.29 is 9.53 Å². The number of benzene rings is 2. The molecule has 0 saturated heterocycles. The number of aromatic nitrogens is 2. The molecule has 4 aromatic rings. The van der Waals surface area contributed by atoms with E-state index in [1.54, 1.807) is 24.4 Å². The Labute approximate surface area is 177 Å². The molecule has 152 valence electrons. The molecule has 0 saturated carbocycles. The molecule has 2 aromatic heterocycles. The summed E-state index contributed by atoms with van der Waals surface area (Å²) in [6.45, 7) is 5.98. The lowest BCUT2D eigenvalue weighted by molar-refractivity contribution is 0.102. The number of hydrogen-bond donors (Lipinski definition) is 1. The number of rotatable bonds is 5. The van der Waals surface area contributed by atoms with E-state index in [9.17, 15) is 9.59 Å². The maximum atomic E-state index is 12.6. The van der Waals surface area contributed by atoms with E-state index in [0.717, 1.165) is 16.0 Å². The third kappa shape index (κ3) is 4.26. The molecule has 0 unspecified atom stereocenters. The second kappa shape index (κ2) is 8.12. The van der Waals surface area contributed by atoms with Gasteiger partial charge in [0.25, 0.3) is 11.5 Å². The van der Waals surface area contributed by atoms with Crippen LogP contribution in [0.15, 0.2) is 59.5 Å². The van der Waals surface area contributed by atoms with E-state index in [1.807, 2.05) is 45.0 Å². The van der Waals surface area contributed by atoms with Gasteiger partial charge >= 0.3 is 0 Å². The van der Waals surface area contributed by atoms with Crippen LogP contribution in [0, 0.1) is 20.8 Å². The van der Waals surface area contributed by atoms with Gasteiger partial charge in [0, 0.05) is 22.7 Å². The number of amides is 1. The maximum absolute atomic E-state index is 12.6. The molecular formula is C23H21N3O3S. The largest absolute Gasteiger partial charge is 0.485 e. The number of carbonyl (C=O) groups excluding carboxylic acids is 1. The number of aryl methyl sites for hydroxylation is 3. The number of carbonyl (C=O) groups is 1. The van der Waals surface area contributed by atoms with E-state index in [0.29, 0.717) is 27.7 Å². The van der Waals surface area contributed by atoms with E-state index in [4.69, 9.17) is 4.74 Å². The summed E-state index contributed by atoms with van der Waals surface area (Å²) in [6, 6.07) is 14.4. The van der Waals surface area contributed by atoms with E-state index < -0.39 is 0 Å². The Bertz CT molecular complexity index is 1290. The first-order valence-corrected chi connectivity index (χ1v) is 10.3. The van der Waals surface area contributed by atoms with Crippen LogP contribution >= 0.6 is 11.3 Å². The highest BCUT2D eigenvalue weighted by Crippen LogP contribution is 2.27. The number of hydrogen-bond acceptors (Lipinski definition) is 5. The second-order valence-corrected chi connectivity index (χ2v) is 8.40. The molecule has 0 aliphatic heterocycles. The maximum Gasteiger partial charge on any atom is 0.258 e. The average Bonchev–Trinajstić information content (AvgIpc) is 3.09. The van der Waals surface area contributed by atoms with Gasteiger partial charge in [0.05, 0.1) is 11.4 Å². The van der Waals surface area contributed by atoms with Crippen LogP contribution in [0.25, 0.3) is 4.96 Å². The molecule has 0 radical (unpaired) electrons. The van der Waals surface area contributed by atoms with Crippen molar-refractivity contribution in [2.75, 3.05) is 5.32 Å². The highest BCUT2D eigenvalue weighted by Gasteiger charge is 2.12. The van der Waals surface area contributed by atoms with Crippen molar-refractivity contribution >= 4 is 27.9 Å². The Kier molecular flexibility index (Phi) is 5.37. The molecule has 0 aliphatic carbocycles. The molecule has 2 aromatic carbocycles. The average molecular weight is 420 g/mol. The van der Waals surface area contributed by atoms with Gasteiger partial charge in [0.2, 0.25) is 0 Å². The van der Waals surface area contributed by atoms with Gasteiger partial charge in [0.15, 0.2) is 4.96 Å². The predicted molar refractivity (Wildman–Crippen MR) is 119 cm³/mol. The molecule has 0 atom stereocenters. The summed E-state index contributed by atoms with van der Waals surface area (Å²) in [7, 11) is 0. The molecule has 0 bridgehead atoms. The minimum atomic E-state index is -0.211. The first kappa shape index (κ1) is 19.8. The molecule has 30 heavy (non-hydrogen) atoms. The van der Waals surface area contributed by atoms with Crippen molar-refractivity contribution in [2.24, 2.45) is 0 Å². The van der Waals surface area contributed by atoms with Gasteiger partial charge in [0.1, 0.15) is 12.4 Å². The Hall–Kier alpha value is -3.45. The zero-order chi connectivity index (χ0) is 21.3. The normalized spacial score (nSPS) is 10.9. The van der Waals surface area contributed by atoms with Crippen LogP contribution in [0.5, 0.6) is 5.75 Å². The van der Waals surface area contributed by atoms with Crippen LogP contribution in [0.4, 0.5) is 5.69 Å². The van der Waals surface area contributed by atoms with Crippen LogP contribution in [0.2, 0.25) is 0 Å². The van der Waals surface area contributed by atoms with E-state index >= 15 is 0 Å². The highest BCUT2D eigenvalue weighted by atomic mass is 32.1. The molecule has 1 amide bonds. The Morgan fingerprint density at radius 2 is 1.80 bits per heavy atom. The minimum Gasteiger partial charge on any atom is -0.485 e. The van der Waals surface area contributed by atoms with Crippen molar-refractivity contribution in [2.45, 2.75) is 27.4 Å². The van der Waals surface area contributed by atoms with Crippen molar-refractivity contribution in [3.05, 3.63) is 92.3 Å². The molecule has 1 N–H and O–H groups in total. The summed E-state index contributed by atoms with van der Waals surface area (Å²) in [4.78, 5) is 31.1. The molecule has 4 rings (SSSR count). The number of nitrogens with zero attached hydrogens (tertiary/aromatic N) is 2.